The molecule has 0 aliphatic carbocycles. The molecule has 0 heterocycles. The third-order valence-electron chi connectivity index (χ3n) is 2.17. The third-order valence-corrected chi connectivity index (χ3v) is 2.48. The largest absolute Gasteiger partial charge is 0.349 e. The van der Waals surface area contributed by atoms with E-state index in [0.717, 1.165) is 5.56 Å². The quantitative estimate of drug-likeness (QED) is 0.631. The van der Waals surface area contributed by atoms with E-state index in [4.69, 9.17) is 18.0 Å². The zero-order valence-electron chi connectivity index (χ0n) is 9.16. The van der Waals surface area contributed by atoms with E-state index in [1.807, 2.05) is 19.1 Å². The Kier molecular flexibility index (Phi) is 4.88. The Morgan fingerprint density at radius 1 is 1.50 bits per heavy atom. The van der Waals surface area contributed by atoms with Crippen molar-refractivity contribution in [2.24, 2.45) is 0 Å². The second-order valence-electron chi connectivity index (χ2n) is 3.61. The van der Waals surface area contributed by atoms with E-state index in [9.17, 15) is 4.79 Å². The van der Waals surface area contributed by atoms with Gasteiger partial charge in [0.2, 0.25) is 0 Å². The van der Waals surface area contributed by atoms with Crippen molar-refractivity contribution in [1.82, 2.24) is 5.32 Å². The first-order valence-corrected chi connectivity index (χ1v) is 5.60. The van der Waals surface area contributed by atoms with E-state index in [1.165, 1.54) is 0 Å². The van der Waals surface area contributed by atoms with Gasteiger partial charge in [-0.15, -0.1) is 23.9 Å². The van der Waals surface area contributed by atoms with Crippen molar-refractivity contribution in [3.05, 3.63) is 35.4 Å². The lowest BCUT2D eigenvalue weighted by molar-refractivity contribution is 0.0941. The average Bonchev–Trinajstić information content (AvgIpc) is 2.29. The van der Waals surface area contributed by atoms with Crippen molar-refractivity contribution in [3.8, 4) is 12.3 Å². The highest BCUT2D eigenvalue weighted by Gasteiger charge is 2.08. The molecule has 0 aromatic heterocycles. The van der Waals surface area contributed by atoms with Gasteiger partial charge < -0.3 is 5.32 Å². The Bertz CT molecular complexity index is 391. The predicted octanol–water partition coefficient (Wildman–Crippen LogP) is 2.57. The standard InChI is InChI=1S/C13H14ClNO/c1-3-4-10(2)15-13(16)12-7-5-11(9-14)6-8-12/h1,5-8,10H,4,9H2,2H3,(H,15,16). The first kappa shape index (κ1) is 12.6. The molecule has 0 aliphatic heterocycles. The van der Waals surface area contributed by atoms with Gasteiger partial charge in [-0.3, -0.25) is 4.79 Å². The Balaban J connectivity index is 2.63. The van der Waals surface area contributed by atoms with Gasteiger partial charge in [0.1, 0.15) is 0 Å². The maximum atomic E-state index is 11.7. The maximum Gasteiger partial charge on any atom is 0.251 e. The van der Waals surface area contributed by atoms with Gasteiger partial charge in [0.15, 0.2) is 0 Å². The summed E-state index contributed by atoms with van der Waals surface area (Å²) in [6.45, 7) is 1.88. The van der Waals surface area contributed by atoms with Crippen molar-refractivity contribution in [3.63, 3.8) is 0 Å². The van der Waals surface area contributed by atoms with Crippen LogP contribution in [-0.2, 0) is 5.88 Å². The second kappa shape index (κ2) is 6.19. The molecule has 1 amide bonds. The van der Waals surface area contributed by atoms with Crippen molar-refractivity contribution in [2.75, 3.05) is 0 Å². The number of hydrogen-bond donors (Lipinski definition) is 1. The molecule has 0 saturated carbocycles. The molecule has 0 aliphatic rings. The lowest BCUT2D eigenvalue weighted by Crippen LogP contribution is -2.32. The minimum Gasteiger partial charge on any atom is -0.349 e. The summed E-state index contributed by atoms with van der Waals surface area (Å²) in [7, 11) is 0. The maximum absolute atomic E-state index is 11.7. The first-order chi connectivity index (χ1) is 7.67. The Hall–Kier alpha value is -1.46. The topological polar surface area (TPSA) is 29.1 Å². The van der Waals surface area contributed by atoms with Crippen molar-refractivity contribution in [2.45, 2.75) is 25.3 Å². The number of terminal acetylenes is 1. The van der Waals surface area contributed by atoms with E-state index in [-0.39, 0.29) is 11.9 Å². The third kappa shape index (κ3) is 3.60. The zero-order chi connectivity index (χ0) is 12.0. The summed E-state index contributed by atoms with van der Waals surface area (Å²) >= 11 is 5.66. The number of benzene rings is 1. The van der Waals surface area contributed by atoms with Crippen LogP contribution in [0.25, 0.3) is 0 Å². The van der Waals surface area contributed by atoms with E-state index in [2.05, 4.69) is 11.2 Å². The summed E-state index contributed by atoms with van der Waals surface area (Å²) in [4.78, 5) is 11.7. The smallest absolute Gasteiger partial charge is 0.251 e. The number of carbonyl (C=O) groups is 1. The minimum atomic E-state index is -0.108. The van der Waals surface area contributed by atoms with E-state index in [1.54, 1.807) is 12.1 Å². The molecule has 0 spiro atoms. The number of hydrogen-bond acceptors (Lipinski definition) is 1. The molecule has 0 fully saturated rings. The highest BCUT2D eigenvalue weighted by molar-refractivity contribution is 6.17. The number of rotatable bonds is 4. The van der Waals surface area contributed by atoms with Gasteiger partial charge in [-0.25, -0.2) is 0 Å². The summed E-state index contributed by atoms with van der Waals surface area (Å²) in [6, 6.07) is 7.19. The Morgan fingerprint density at radius 2 is 2.12 bits per heavy atom. The van der Waals surface area contributed by atoms with Crippen LogP contribution in [0.4, 0.5) is 0 Å². The van der Waals surface area contributed by atoms with Crippen LogP contribution in [-0.4, -0.2) is 11.9 Å². The van der Waals surface area contributed by atoms with E-state index >= 15 is 0 Å². The number of nitrogens with one attached hydrogen (secondary N) is 1. The highest BCUT2D eigenvalue weighted by Crippen LogP contribution is 2.07. The Labute approximate surface area is 101 Å². The van der Waals surface area contributed by atoms with Crippen LogP contribution in [0.3, 0.4) is 0 Å². The number of halogens is 1. The van der Waals surface area contributed by atoms with Crippen LogP contribution in [0.1, 0.15) is 29.3 Å². The van der Waals surface area contributed by atoms with Gasteiger partial charge in [0, 0.05) is 23.9 Å². The van der Waals surface area contributed by atoms with Crippen LogP contribution in [0, 0.1) is 12.3 Å². The minimum absolute atomic E-state index is 0.00907. The molecule has 0 bridgehead atoms. The average molecular weight is 236 g/mol. The molecule has 0 saturated heterocycles. The van der Waals surface area contributed by atoms with Crippen molar-refractivity contribution in [1.29, 1.82) is 0 Å². The molecule has 1 aromatic carbocycles. The molecule has 0 radical (unpaired) electrons. The van der Waals surface area contributed by atoms with E-state index in [0.29, 0.717) is 17.9 Å². The summed E-state index contributed by atoms with van der Waals surface area (Å²) < 4.78 is 0. The van der Waals surface area contributed by atoms with Crippen LogP contribution in [0.15, 0.2) is 24.3 Å². The molecular weight excluding hydrogens is 222 g/mol. The highest BCUT2D eigenvalue weighted by atomic mass is 35.5. The molecule has 2 nitrogen and oxygen atoms in total. The Morgan fingerprint density at radius 3 is 2.62 bits per heavy atom. The summed E-state index contributed by atoms with van der Waals surface area (Å²) in [5.41, 5.74) is 1.62. The fourth-order valence-electron chi connectivity index (χ4n) is 1.28. The SMILES string of the molecule is C#CCC(C)NC(=O)c1ccc(CCl)cc1. The van der Waals surface area contributed by atoms with Crippen LogP contribution in [0.5, 0.6) is 0 Å². The lowest BCUT2D eigenvalue weighted by Gasteiger charge is -2.10. The predicted molar refractivity (Wildman–Crippen MR) is 66.4 cm³/mol. The van der Waals surface area contributed by atoms with Crippen LogP contribution in [0.2, 0.25) is 0 Å². The fourth-order valence-corrected chi connectivity index (χ4v) is 1.46. The summed E-state index contributed by atoms with van der Waals surface area (Å²) in [5.74, 6) is 2.86. The summed E-state index contributed by atoms with van der Waals surface area (Å²) in [6.07, 6.45) is 5.70. The second-order valence-corrected chi connectivity index (χ2v) is 3.88. The van der Waals surface area contributed by atoms with Crippen molar-refractivity contribution >= 4 is 17.5 Å². The molecule has 1 atom stereocenters. The van der Waals surface area contributed by atoms with Gasteiger partial charge in [0.25, 0.3) is 5.91 Å². The molecule has 1 unspecified atom stereocenters. The molecule has 1 aromatic rings. The fraction of sp³-hybridized carbons (Fsp3) is 0.308. The zero-order valence-corrected chi connectivity index (χ0v) is 9.92. The van der Waals surface area contributed by atoms with Gasteiger partial charge in [-0.1, -0.05) is 12.1 Å². The molecule has 3 heteroatoms. The van der Waals surface area contributed by atoms with Crippen molar-refractivity contribution < 1.29 is 4.79 Å². The summed E-state index contributed by atoms with van der Waals surface area (Å²) in [5, 5.41) is 2.82. The van der Waals surface area contributed by atoms with E-state index < -0.39 is 0 Å². The monoisotopic (exact) mass is 235 g/mol. The van der Waals surface area contributed by atoms with Gasteiger partial charge in [-0.2, -0.15) is 0 Å². The van der Waals surface area contributed by atoms with Crippen LogP contribution >= 0.6 is 11.6 Å². The van der Waals surface area contributed by atoms with Gasteiger partial charge in [-0.05, 0) is 24.6 Å². The lowest BCUT2D eigenvalue weighted by atomic mass is 10.1. The number of carbonyl (C=O) groups excluding carboxylic acids is 1. The molecule has 1 N–H and O–H groups in total. The molecule has 1 rings (SSSR count). The van der Waals surface area contributed by atoms with Crippen LogP contribution < -0.4 is 5.32 Å². The molecule has 16 heavy (non-hydrogen) atoms. The molecular formula is C13H14ClNO. The van der Waals surface area contributed by atoms with Gasteiger partial charge >= 0.3 is 0 Å². The molecule has 84 valence electrons. The first-order valence-electron chi connectivity index (χ1n) is 5.06. The number of alkyl halides is 1. The normalized spacial score (nSPS) is 11.6. The van der Waals surface area contributed by atoms with Gasteiger partial charge in [0.05, 0.1) is 0 Å². The number of amides is 1.